The monoisotopic (exact) mass is 158 g/mol. The Bertz CT molecular complexity index is 163. The maximum Gasteiger partial charge on any atom is 0.287 e. The molecule has 0 aliphatic carbocycles. The van der Waals surface area contributed by atoms with Crippen LogP contribution in [0.25, 0.3) is 0 Å². The van der Waals surface area contributed by atoms with E-state index in [1.807, 2.05) is 18.5 Å². The lowest BCUT2D eigenvalue weighted by Gasteiger charge is -2.27. The Morgan fingerprint density at radius 2 is 2.50 bits per heavy atom. The van der Waals surface area contributed by atoms with Gasteiger partial charge < -0.3 is 10.1 Å². The van der Waals surface area contributed by atoms with E-state index >= 15 is 0 Å². The highest BCUT2D eigenvalue weighted by molar-refractivity contribution is 7.99. The molecule has 56 valence electrons. The van der Waals surface area contributed by atoms with Crippen molar-refractivity contribution in [2.45, 2.75) is 5.18 Å². The highest BCUT2D eigenvalue weighted by atomic mass is 32.2. The second kappa shape index (κ2) is 3.07. The SMILES string of the molecule is COC1(SC)N=CC=CN1. The van der Waals surface area contributed by atoms with Crippen molar-refractivity contribution >= 4 is 18.0 Å². The lowest BCUT2D eigenvalue weighted by atomic mass is 10.6. The summed E-state index contributed by atoms with van der Waals surface area (Å²) in [6.45, 7) is 0. The maximum absolute atomic E-state index is 5.13. The van der Waals surface area contributed by atoms with Crippen molar-refractivity contribution < 1.29 is 4.74 Å². The number of aliphatic imine (C=N–C) groups is 1. The Morgan fingerprint density at radius 1 is 1.70 bits per heavy atom. The number of nitrogens with zero attached hydrogens (tertiary/aromatic N) is 1. The van der Waals surface area contributed by atoms with Crippen LogP contribution < -0.4 is 5.32 Å². The van der Waals surface area contributed by atoms with Crippen molar-refractivity contribution in [2.75, 3.05) is 13.4 Å². The summed E-state index contributed by atoms with van der Waals surface area (Å²) in [5, 5.41) is 2.41. The van der Waals surface area contributed by atoms with Crippen LogP contribution in [0.1, 0.15) is 0 Å². The molecule has 0 radical (unpaired) electrons. The number of hydrogen-bond acceptors (Lipinski definition) is 4. The third kappa shape index (κ3) is 1.33. The minimum Gasteiger partial charge on any atom is -0.336 e. The summed E-state index contributed by atoms with van der Waals surface area (Å²) in [6.07, 6.45) is 7.30. The van der Waals surface area contributed by atoms with Gasteiger partial charge in [0.15, 0.2) is 0 Å². The molecule has 1 N–H and O–H groups in total. The Hall–Kier alpha value is -0.480. The predicted molar refractivity (Wildman–Crippen MR) is 44.0 cm³/mol. The first-order valence-corrected chi connectivity index (χ1v) is 4.14. The number of thioether (sulfide) groups is 1. The van der Waals surface area contributed by atoms with Gasteiger partial charge in [0.25, 0.3) is 5.18 Å². The van der Waals surface area contributed by atoms with Gasteiger partial charge in [-0.15, -0.1) is 0 Å². The molecule has 0 saturated heterocycles. The number of nitrogens with one attached hydrogen (secondary N) is 1. The quantitative estimate of drug-likeness (QED) is 0.603. The van der Waals surface area contributed by atoms with Gasteiger partial charge in [0.05, 0.1) is 0 Å². The summed E-state index contributed by atoms with van der Waals surface area (Å²) in [5.41, 5.74) is 0. The van der Waals surface area contributed by atoms with Crippen molar-refractivity contribution in [3.05, 3.63) is 12.3 Å². The number of methoxy groups -OCH3 is 1. The molecule has 10 heavy (non-hydrogen) atoms. The normalized spacial score (nSPS) is 30.2. The van der Waals surface area contributed by atoms with Crippen LogP contribution in [0, 0.1) is 0 Å². The van der Waals surface area contributed by atoms with E-state index in [1.54, 1.807) is 13.3 Å². The molecule has 1 aliphatic heterocycles. The number of rotatable bonds is 2. The summed E-state index contributed by atoms with van der Waals surface area (Å²) >= 11 is 1.51. The molecule has 0 aromatic rings. The highest BCUT2D eigenvalue weighted by Crippen LogP contribution is 2.22. The van der Waals surface area contributed by atoms with Crippen LogP contribution in [0.3, 0.4) is 0 Å². The standard InChI is InChI=1S/C6H10N2OS/c1-9-6(10-2)7-4-3-5-8-6/h3-5,7H,1-2H3. The van der Waals surface area contributed by atoms with E-state index in [4.69, 9.17) is 4.74 Å². The molecule has 0 saturated carbocycles. The van der Waals surface area contributed by atoms with Crippen LogP contribution in [-0.2, 0) is 4.74 Å². The molecule has 0 aromatic carbocycles. The van der Waals surface area contributed by atoms with E-state index in [2.05, 4.69) is 10.3 Å². The first-order chi connectivity index (χ1) is 4.83. The van der Waals surface area contributed by atoms with Crippen LogP contribution in [-0.4, -0.2) is 24.8 Å². The topological polar surface area (TPSA) is 33.6 Å². The smallest absolute Gasteiger partial charge is 0.287 e. The van der Waals surface area contributed by atoms with Gasteiger partial charge in [-0.25, -0.2) is 4.99 Å². The molecule has 1 rings (SSSR count). The van der Waals surface area contributed by atoms with Gasteiger partial charge in [-0.05, 0) is 12.3 Å². The van der Waals surface area contributed by atoms with Crippen molar-refractivity contribution in [1.82, 2.24) is 5.32 Å². The van der Waals surface area contributed by atoms with Gasteiger partial charge in [0, 0.05) is 19.5 Å². The molecule has 0 fully saturated rings. The van der Waals surface area contributed by atoms with Crippen LogP contribution >= 0.6 is 11.8 Å². The second-order valence-electron chi connectivity index (χ2n) is 1.77. The average molecular weight is 158 g/mol. The van der Waals surface area contributed by atoms with E-state index in [0.717, 1.165) is 0 Å². The third-order valence-corrected chi connectivity index (χ3v) is 2.19. The molecule has 1 aliphatic rings. The zero-order valence-corrected chi connectivity index (χ0v) is 6.81. The van der Waals surface area contributed by atoms with E-state index < -0.39 is 5.18 Å². The molecule has 1 atom stereocenters. The van der Waals surface area contributed by atoms with Crippen molar-refractivity contribution in [1.29, 1.82) is 0 Å². The van der Waals surface area contributed by atoms with Gasteiger partial charge >= 0.3 is 0 Å². The minimum absolute atomic E-state index is 0.589. The van der Waals surface area contributed by atoms with Gasteiger partial charge in [-0.2, -0.15) is 0 Å². The molecule has 0 aromatic heterocycles. The summed E-state index contributed by atoms with van der Waals surface area (Å²) in [5.74, 6) is 0. The Morgan fingerprint density at radius 3 is 2.80 bits per heavy atom. The molecule has 1 heterocycles. The zero-order valence-electron chi connectivity index (χ0n) is 6.00. The largest absolute Gasteiger partial charge is 0.336 e. The van der Waals surface area contributed by atoms with Crippen LogP contribution in [0.2, 0.25) is 0 Å². The summed E-state index contributed by atoms with van der Waals surface area (Å²) in [4.78, 5) is 4.12. The van der Waals surface area contributed by atoms with E-state index in [9.17, 15) is 0 Å². The van der Waals surface area contributed by atoms with Gasteiger partial charge in [-0.1, -0.05) is 11.8 Å². The van der Waals surface area contributed by atoms with Crippen LogP contribution in [0.5, 0.6) is 0 Å². The van der Waals surface area contributed by atoms with Gasteiger partial charge in [0.1, 0.15) is 0 Å². The van der Waals surface area contributed by atoms with Gasteiger partial charge in [-0.3, -0.25) is 0 Å². The summed E-state index contributed by atoms with van der Waals surface area (Å²) in [6, 6.07) is 0. The molecule has 0 spiro atoms. The van der Waals surface area contributed by atoms with Gasteiger partial charge in [0.2, 0.25) is 0 Å². The van der Waals surface area contributed by atoms with Crippen LogP contribution in [0.15, 0.2) is 17.3 Å². The lowest BCUT2D eigenvalue weighted by Crippen LogP contribution is -2.39. The van der Waals surface area contributed by atoms with Crippen LogP contribution in [0.4, 0.5) is 0 Å². The van der Waals surface area contributed by atoms with E-state index in [-0.39, 0.29) is 0 Å². The first-order valence-electron chi connectivity index (χ1n) is 2.91. The second-order valence-corrected chi connectivity index (χ2v) is 2.73. The zero-order chi connectivity index (χ0) is 7.45. The summed E-state index contributed by atoms with van der Waals surface area (Å²) in [7, 11) is 1.62. The predicted octanol–water partition coefficient (Wildman–Crippen LogP) is 0.795. The average Bonchev–Trinajstić information content (AvgIpc) is 2.06. The lowest BCUT2D eigenvalue weighted by molar-refractivity contribution is 0.0614. The Balaban J connectivity index is 2.66. The molecule has 0 bridgehead atoms. The molecular weight excluding hydrogens is 148 g/mol. The Labute approximate surface area is 64.6 Å². The molecule has 3 nitrogen and oxygen atoms in total. The molecule has 1 unspecified atom stereocenters. The fourth-order valence-corrected chi connectivity index (χ4v) is 1.20. The van der Waals surface area contributed by atoms with Crippen molar-refractivity contribution in [3.8, 4) is 0 Å². The van der Waals surface area contributed by atoms with E-state index in [0.29, 0.717) is 0 Å². The fourth-order valence-electron chi connectivity index (χ4n) is 0.681. The summed E-state index contributed by atoms with van der Waals surface area (Å²) < 4.78 is 5.13. The Kier molecular flexibility index (Phi) is 2.34. The number of ether oxygens (including phenoxy) is 1. The first kappa shape index (κ1) is 7.63. The molecular formula is C6H10N2OS. The number of allylic oxidation sites excluding steroid dienone is 1. The number of hydrogen-bond donors (Lipinski definition) is 1. The molecule has 0 amide bonds. The third-order valence-electron chi connectivity index (χ3n) is 1.25. The molecule has 4 heteroatoms. The van der Waals surface area contributed by atoms with Crippen molar-refractivity contribution in [2.24, 2.45) is 4.99 Å². The minimum atomic E-state index is -0.589. The highest BCUT2D eigenvalue weighted by Gasteiger charge is 2.26. The maximum atomic E-state index is 5.13. The fraction of sp³-hybridized carbons (Fsp3) is 0.500. The van der Waals surface area contributed by atoms with E-state index in [1.165, 1.54) is 11.8 Å². The van der Waals surface area contributed by atoms with Crippen molar-refractivity contribution in [3.63, 3.8) is 0 Å².